The monoisotopic (exact) mass is 431 g/mol. The van der Waals surface area contributed by atoms with Crippen LogP contribution in [0.4, 0.5) is 5.00 Å². The Kier molecular flexibility index (Phi) is 6.36. The quantitative estimate of drug-likeness (QED) is 0.413. The van der Waals surface area contributed by atoms with Gasteiger partial charge in [0.15, 0.2) is 11.5 Å². The maximum absolute atomic E-state index is 12.4. The Morgan fingerprint density at radius 3 is 2.63 bits per heavy atom. The van der Waals surface area contributed by atoms with E-state index in [4.69, 9.17) is 14.2 Å². The van der Waals surface area contributed by atoms with Crippen LogP contribution >= 0.6 is 11.3 Å². The third-order valence-electron chi connectivity index (χ3n) is 4.20. The largest absolute Gasteiger partial charge is 0.462 e. The van der Waals surface area contributed by atoms with Crippen molar-refractivity contribution < 1.29 is 28.6 Å². The maximum Gasteiger partial charge on any atom is 0.341 e. The van der Waals surface area contributed by atoms with Crippen molar-refractivity contribution in [3.05, 3.63) is 39.8 Å². The Bertz CT molecular complexity index is 1040. The Morgan fingerprint density at radius 2 is 1.93 bits per heavy atom. The summed E-state index contributed by atoms with van der Waals surface area (Å²) in [5.74, 6) is -0.180. The molecule has 0 atom stereocenters. The molecule has 0 fully saturated rings. The Morgan fingerprint density at radius 1 is 1.20 bits per heavy atom. The van der Waals surface area contributed by atoms with Gasteiger partial charge in [0.2, 0.25) is 12.7 Å². The lowest BCUT2D eigenvalue weighted by Crippen LogP contribution is -2.19. The van der Waals surface area contributed by atoms with Crippen molar-refractivity contribution in [2.24, 2.45) is 5.10 Å². The molecular formula is C20H21N3O6S. The molecule has 1 aliphatic heterocycles. The van der Waals surface area contributed by atoms with E-state index in [9.17, 15) is 14.4 Å². The van der Waals surface area contributed by atoms with Gasteiger partial charge in [-0.3, -0.25) is 9.59 Å². The minimum Gasteiger partial charge on any atom is -0.462 e. The second kappa shape index (κ2) is 8.95. The van der Waals surface area contributed by atoms with Crippen LogP contribution in [0.15, 0.2) is 23.3 Å². The summed E-state index contributed by atoms with van der Waals surface area (Å²) in [6, 6.07) is 4.84. The highest BCUT2D eigenvalue weighted by molar-refractivity contribution is 7.18. The topological polar surface area (TPSA) is 115 Å². The molecule has 0 bridgehead atoms. The fraction of sp³-hybridized carbons (Fsp3) is 0.300. The number of rotatable bonds is 6. The Labute approximate surface area is 177 Å². The predicted octanol–water partition coefficient (Wildman–Crippen LogP) is 3.07. The molecule has 1 aromatic heterocycles. The van der Waals surface area contributed by atoms with E-state index < -0.39 is 11.9 Å². The van der Waals surface area contributed by atoms with Crippen molar-refractivity contribution in [2.75, 3.05) is 18.7 Å². The Balaban J connectivity index is 1.83. The first-order chi connectivity index (χ1) is 14.3. The molecule has 9 nitrogen and oxygen atoms in total. The third-order valence-corrected chi connectivity index (χ3v) is 5.52. The van der Waals surface area contributed by atoms with E-state index in [0.717, 1.165) is 0 Å². The van der Waals surface area contributed by atoms with E-state index in [1.54, 1.807) is 39.0 Å². The summed E-state index contributed by atoms with van der Waals surface area (Å²) in [6.07, 6.45) is 0. The van der Waals surface area contributed by atoms with Crippen LogP contribution in [-0.2, 0) is 9.53 Å². The number of amides is 2. The van der Waals surface area contributed by atoms with Crippen LogP contribution in [0.2, 0.25) is 0 Å². The molecule has 0 radical (unpaired) electrons. The standard InChI is InChI=1S/C20H21N3O6S/c1-5-27-20(26)16-10(2)17(30-19(16)21-12(4)24)11(3)22-23-18(25)13-6-7-14-15(8-13)29-9-28-14/h6-8H,5,9H2,1-4H3,(H,21,24)(H,23,25). The van der Waals surface area contributed by atoms with Gasteiger partial charge >= 0.3 is 5.97 Å². The number of fused-ring (bicyclic) bond motifs is 1. The van der Waals surface area contributed by atoms with Crippen molar-refractivity contribution in [1.29, 1.82) is 0 Å². The van der Waals surface area contributed by atoms with Gasteiger partial charge in [-0.15, -0.1) is 11.3 Å². The van der Waals surface area contributed by atoms with Crippen molar-refractivity contribution in [2.45, 2.75) is 27.7 Å². The SMILES string of the molecule is CCOC(=O)c1c(NC(C)=O)sc(C(C)=NNC(=O)c2ccc3c(c2)OCO3)c1C. The first kappa shape index (κ1) is 21.3. The lowest BCUT2D eigenvalue weighted by molar-refractivity contribution is -0.114. The van der Waals surface area contributed by atoms with Gasteiger partial charge in [0, 0.05) is 12.5 Å². The molecule has 0 saturated carbocycles. The predicted molar refractivity (Wildman–Crippen MR) is 112 cm³/mol. The molecule has 1 aliphatic rings. The highest BCUT2D eigenvalue weighted by Gasteiger charge is 2.24. The lowest BCUT2D eigenvalue weighted by Gasteiger charge is -2.05. The molecule has 158 valence electrons. The zero-order chi connectivity index (χ0) is 21.8. The summed E-state index contributed by atoms with van der Waals surface area (Å²) in [6.45, 7) is 6.83. The van der Waals surface area contributed by atoms with Crippen LogP contribution in [0.1, 0.15) is 51.9 Å². The van der Waals surface area contributed by atoms with Crippen LogP contribution in [0, 0.1) is 6.92 Å². The van der Waals surface area contributed by atoms with Crippen LogP contribution in [0.5, 0.6) is 11.5 Å². The zero-order valence-electron chi connectivity index (χ0n) is 17.0. The van der Waals surface area contributed by atoms with E-state index >= 15 is 0 Å². The van der Waals surface area contributed by atoms with Crippen molar-refractivity contribution in [3.63, 3.8) is 0 Å². The molecule has 0 spiro atoms. The zero-order valence-corrected chi connectivity index (χ0v) is 17.8. The summed E-state index contributed by atoms with van der Waals surface area (Å²) in [4.78, 5) is 37.0. The number of hydrazone groups is 1. The van der Waals surface area contributed by atoms with Crippen molar-refractivity contribution >= 4 is 39.8 Å². The highest BCUT2D eigenvalue weighted by atomic mass is 32.1. The van der Waals surface area contributed by atoms with Crippen LogP contribution < -0.4 is 20.2 Å². The van der Waals surface area contributed by atoms with Crippen molar-refractivity contribution in [1.82, 2.24) is 5.43 Å². The fourth-order valence-corrected chi connectivity index (χ4v) is 4.03. The fourth-order valence-electron chi connectivity index (χ4n) is 2.84. The molecule has 0 aliphatic carbocycles. The smallest absolute Gasteiger partial charge is 0.341 e. The second-order valence-electron chi connectivity index (χ2n) is 6.37. The second-order valence-corrected chi connectivity index (χ2v) is 7.39. The molecule has 30 heavy (non-hydrogen) atoms. The third kappa shape index (κ3) is 4.43. The molecule has 1 aromatic carbocycles. The average molecular weight is 431 g/mol. The van der Waals surface area contributed by atoms with Gasteiger partial charge in [-0.05, 0) is 44.5 Å². The first-order valence-electron chi connectivity index (χ1n) is 9.14. The number of nitrogens with zero attached hydrogens (tertiary/aromatic N) is 1. The van der Waals surface area contributed by atoms with E-state index in [1.165, 1.54) is 18.3 Å². The number of carbonyl (C=O) groups excluding carboxylic acids is 3. The molecular weight excluding hydrogens is 410 g/mol. The number of thiophene rings is 1. The van der Waals surface area contributed by atoms with E-state index in [2.05, 4.69) is 15.8 Å². The van der Waals surface area contributed by atoms with Gasteiger partial charge in [0.1, 0.15) is 5.00 Å². The molecule has 0 unspecified atom stereocenters. The molecule has 2 amide bonds. The number of esters is 1. The Hall–Kier alpha value is -3.40. The van der Waals surface area contributed by atoms with Gasteiger partial charge in [0.05, 0.1) is 22.8 Å². The number of ether oxygens (including phenoxy) is 3. The normalized spacial score (nSPS) is 12.5. The van der Waals surface area contributed by atoms with E-state index in [1.807, 2.05) is 0 Å². The number of carbonyl (C=O) groups is 3. The summed E-state index contributed by atoms with van der Waals surface area (Å²) in [5.41, 5.74) is 4.23. The summed E-state index contributed by atoms with van der Waals surface area (Å²) in [5, 5.41) is 7.19. The minimum atomic E-state index is -0.529. The minimum absolute atomic E-state index is 0.120. The van der Waals surface area contributed by atoms with Gasteiger partial charge in [-0.25, -0.2) is 10.2 Å². The van der Waals surface area contributed by atoms with E-state index in [-0.39, 0.29) is 24.9 Å². The molecule has 2 N–H and O–H groups in total. The van der Waals surface area contributed by atoms with Gasteiger partial charge in [-0.1, -0.05) is 0 Å². The van der Waals surface area contributed by atoms with Crippen LogP contribution in [0.3, 0.4) is 0 Å². The number of anilines is 1. The lowest BCUT2D eigenvalue weighted by atomic mass is 10.1. The number of nitrogens with one attached hydrogen (secondary N) is 2. The molecule has 3 rings (SSSR count). The van der Waals surface area contributed by atoms with E-state index in [0.29, 0.717) is 38.2 Å². The van der Waals surface area contributed by atoms with Gasteiger partial charge in [-0.2, -0.15) is 5.10 Å². The van der Waals surface area contributed by atoms with Crippen LogP contribution in [0.25, 0.3) is 0 Å². The molecule has 0 saturated heterocycles. The van der Waals surface area contributed by atoms with Crippen LogP contribution in [-0.4, -0.2) is 36.9 Å². The first-order valence-corrected chi connectivity index (χ1v) is 9.96. The molecule has 10 heteroatoms. The number of hydrogen-bond acceptors (Lipinski definition) is 8. The van der Waals surface area contributed by atoms with Gasteiger partial charge < -0.3 is 19.5 Å². The summed E-state index contributed by atoms with van der Waals surface area (Å²) in [7, 11) is 0. The van der Waals surface area contributed by atoms with Crippen molar-refractivity contribution in [3.8, 4) is 11.5 Å². The average Bonchev–Trinajstić information content (AvgIpc) is 3.29. The maximum atomic E-state index is 12.4. The number of benzene rings is 1. The number of hydrogen-bond donors (Lipinski definition) is 2. The summed E-state index contributed by atoms with van der Waals surface area (Å²) >= 11 is 1.19. The molecule has 2 heterocycles. The van der Waals surface area contributed by atoms with Gasteiger partial charge in [0.25, 0.3) is 5.91 Å². The summed E-state index contributed by atoms with van der Waals surface area (Å²) < 4.78 is 15.6. The molecule has 2 aromatic rings. The highest BCUT2D eigenvalue weighted by Crippen LogP contribution is 2.34.